The van der Waals surface area contributed by atoms with Crippen molar-refractivity contribution in [2.45, 2.75) is 12.8 Å². The summed E-state index contributed by atoms with van der Waals surface area (Å²) in [5, 5.41) is 1.31. The number of hydrogen-bond acceptors (Lipinski definition) is 3. The van der Waals surface area contributed by atoms with Crippen molar-refractivity contribution in [1.82, 2.24) is 4.98 Å². The van der Waals surface area contributed by atoms with Crippen LogP contribution < -0.4 is 0 Å². The predicted octanol–water partition coefficient (Wildman–Crippen LogP) is 5.81. The Morgan fingerprint density at radius 1 is 1.04 bits per heavy atom. The Morgan fingerprint density at radius 3 is 2.71 bits per heavy atom. The van der Waals surface area contributed by atoms with E-state index >= 15 is 0 Å². The van der Waals surface area contributed by atoms with E-state index in [4.69, 9.17) is 4.99 Å². The molecular formula is C19H18Cl2N2S. The van der Waals surface area contributed by atoms with Gasteiger partial charge in [0.2, 0.25) is 0 Å². The molecule has 0 spiro atoms. The lowest BCUT2D eigenvalue weighted by Crippen LogP contribution is -2.11. The molecule has 0 aliphatic carbocycles. The van der Waals surface area contributed by atoms with Crippen molar-refractivity contribution in [2.24, 2.45) is 4.99 Å². The van der Waals surface area contributed by atoms with Gasteiger partial charge in [-0.2, -0.15) is 0 Å². The third kappa shape index (κ3) is 3.86. The van der Waals surface area contributed by atoms with Crippen molar-refractivity contribution in [1.29, 1.82) is 0 Å². The lowest BCUT2D eigenvalue weighted by Gasteiger charge is -2.15. The second-order valence-electron chi connectivity index (χ2n) is 5.43. The van der Waals surface area contributed by atoms with Gasteiger partial charge in [-0.25, -0.2) is 0 Å². The maximum Gasteiger partial charge on any atom is 0.0694 e. The molecule has 0 bridgehead atoms. The zero-order valence-corrected chi connectivity index (χ0v) is 15.5. The summed E-state index contributed by atoms with van der Waals surface area (Å²) in [6.07, 6.45) is 8.23. The Balaban J connectivity index is 0.00000104. The molecule has 0 saturated heterocycles. The van der Waals surface area contributed by atoms with Crippen LogP contribution in [0.25, 0.3) is 16.2 Å². The highest BCUT2D eigenvalue weighted by molar-refractivity contribution is 7.19. The van der Waals surface area contributed by atoms with E-state index in [9.17, 15) is 0 Å². The fraction of sp³-hybridized carbons (Fsp3) is 0.158. The van der Waals surface area contributed by atoms with Crippen LogP contribution in [-0.4, -0.2) is 17.2 Å². The Kier molecular flexibility index (Phi) is 6.55. The highest BCUT2D eigenvalue weighted by Crippen LogP contribution is 2.29. The highest BCUT2D eigenvalue weighted by Gasteiger charge is 2.14. The third-order valence-corrected chi connectivity index (χ3v) is 4.94. The van der Waals surface area contributed by atoms with Crippen LogP contribution in [-0.2, 0) is 0 Å². The minimum absolute atomic E-state index is 0. The number of thiophene rings is 1. The van der Waals surface area contributed by atoms with E-state index in [-0.39, 0.29) is 24.8 Å². The lowest BCUT2D eigenvalue weighted by molar-refractivity contribution is 0.818. The molecule has 24 heavy (non-hydrogen) atoms. The molecule has 2 aromatic heterocycles. The average molecular weight is 377 g/mol. The van der Waals surface area contributed by atoms with E-state index in [0.717, 1.165) is 30.7 Å². The van der Waals surface area contributed by atoms with Crippen molar-refractivity contribution in [2.75, 3.05) is 6.54 Å². The molecule has 0 radical (unpaired) electrons. The SMILES string of the molecule is C(=C1CCCN=C1c1cccnc1)c1cc2ccccc2s1.Cl.Cl. The van der Waals surface area contributed by atoms with Gasteiger partial charge in [0.15, 0.2) is 0 Å². The monoisotopic (exact) mass is 376 g/mol. The maximum atomic E-state index is 4.74. The van der Waals surface area contributed by atoms with Gasteiger partial charge in [-0.05, 0) is 54.1 Å². The summed E-state index contributed by atoms with van der Waals surface area (Å²) in [6, 6.07) is 14.9. The summed E-state index contributed by atoms with van der Waals surface area (Å²) in [7, 11) is 0. The number of nitrogens with zero attached hydrogens (tertiary/aromatic N) is 2. The minimum atomic E-state index is 0. The number of pyridine rings is 1. The summed E-state index contributed by atoms with van der Waals surface area (Å²) in [4.78, 5) is 10.3. The third-order valence-electron chi connectivity index (χ3n) is 3.87. The van der Waals surface area contributed by atoms with Crippen LogP contribution in [0.2, 0.25) is 0 Å². The zero-order chi connectivity index (χ0) is 14.8. The molecular weight excluding hydrogens is 359 g/mol. The summed E-state index contributed by atoms with van der Waals surface area (Å²) < 4.78 is 1.34. The Hall–Kier alpha value is -1.68. The number of aromatic nitrogens is 1. The molecule has 5 heteroatoms. The van der Waals surface area contributed by atoms with Crippen LogP contribution in [0.1, 0.15) is 23.3 Å². The maximum absolute atomic E-state index is 4.74. The molecule has 4 rings (SSSR count). The zero-order valence-electron chi connectivity index (χ0n) is 13.0. The number of rotatable bonds is 2. The van der Waals surface area contributed by atoms with E-state index in [2.05, 4.69) is 47.5 Å². The number of halogens is 2. The van der Waals surface area contributed by atoms with Crippen molar-refractivity contribution in [3.8, 4) is 0 Å². The van der Waals surface area contributed by atoms with Gasteiger partial charge in [0.05, 0.1) is 5.71 Å². The van der Waals surface area contributed by atoms with Gasteiger partial charge in [-0.1, -0.05) is 18.2 Å². The molecule has 1 aliphatic heterocycles. The van der Waals surface area contributed by atoms with Gasteiger partial charge in [0.1, 0.15) is 0 Å². The fourth-order valence-electron chi connectivity index (χ4n) is 2.85. The summed E-state index contributed by atoms with van der Waals surface area (Å²) >= 11 is 1.84. The molecule has 2 nitrogen and oxygen atoms in total. The molecule has 124 valence electrons. The van der Waals surface area contributed by atoms with Crippen molar-refractivity contribution >= 4 is 58.0 Å². The van der Waals surface area contributed by atoms with E-state index in [1.165, 1.54) is 20.5 Å². The summed E-state index contributed by atoms with van der Waals surface area (Å²) in [5.41, 5.74) is 3.55. The van der Waals surface area contributed by atoms with Gasteiger partial charge in [-0.3, -0.25) is 9.98 Å². The molecule has 3 aromatic rings. The summed E-state index contributed by atoms with van der Waals surface area (Å²) in [6.45, 7) is 0.911. The number of benzene rings is 1. The quantitative estimate of drug-likeness (QED) is 0.554. The van der Waals surface area contributed by atoms with Crippen LogP contribution in [0.15, 0.2) is 65.4 Å². The first kappa shape index (κ1) is 18.7. The van der Waals surface area contributed by atoms with Crippen molar-refractivity contribution < 1.29 is 0 Å². The first-order chi connectivity index (χ1) is 10.9. The average Bonchev–Trinajstić information content (AvgIpc) is 2.98. The second-order valence-corrected chi connectivity index (χ2v) is 6.55. The van der Waals surface area contributed by atoms with E-state index < -0.39 is 0 Å². The van der Waals surface area contributed by atoms with Gasteiger partial charge in [-0.15, -0.1) is 36.2 Å². The Labute approximate surface area is 158 Å². The first-order valence-electron chi connectivity index (χ1n) is 7.54. The smallest absolute Gasteiger partial charge is 0.0694 e. The van der Waals surface area contributed by atoms with Gasteiger partial charge < -0.3 is 0 Å². The number of aliphatic imine (C=N–C) groups is 1. The van der Waals surface area contributed by atoms with Crippen LogP contribution in [0.4, 0.5) is 0 Å². The molecule has 0 unspecified atom stereocenters. The molecule has 0 saturated carbocycles. The normalized spacial score (nSPS) is 15.5. The second kappa shape index (κ2) is 8.43. The van der Waals surface area contributed by atoms with Crippen LogP contribution >= 0.6 is 36.2 Å². The molecule has 1 aromatic carbocycles. The Bertz CT molecular complexity index is 836. The molecule has 3 heterocycles. The van der Waals surface area contributed by atoms with Crippen LogP contribution in [0, 0.1) is 0 Å². The topological polar surface area (TPSA) is 25.2 Å². The van der Waals surface area contributed by atoms with Gasteiger partial charge in [0, 0.05) is 34.1 Å². The molecule has 0 amide bonds. The minimum Gasteiger partial charge on any atom is -0.284 e. The van der Waals surface area contributed by atoms with Crippen molar-refractivity contribution in [3.63, 3.8) is 0 Å². The number of fused-ring (bicyclic) bond motifs is 1. The predicted molar refractivity (Wildman–Crippen MR) is 109 cm³/mol. The van der Waals surface area contributed by atoms with Crippen molar-refractivity contribution in [3.05, 3.63) is 70.9 Å². The van der Waals surface area contributed by atoms with E-state index in [1.807, 2.05) is 29.8 Å². The molecule has 0 atom stereocenters. The molecule has 0 N–H and O–H groups in total. The van der Waals surface area contributed by atoms with Gasteiger partial charge >= 0.3 is 0 Å². The lowest BCUT2D eigenvalue weighted by atomic mass is 9.96. The first-order valence-corrected chi connectivity index (χ1v) is 8.36. The number of allylic oxidation sites excluding steroid dienone is 1. The van der Waals surface area contributed by atoms with Crippen LogP contribution in [0.5, 0.6) is 0 Å². The van der Waals surface area contributed by atoms with E-state index in [1.54, 1.807) is 0 Å². The molecule has 0 fully saturated rings. The largest absolute Gasteiger partial charge is 0.284 e. The standard InChI is InChI=1S/C19H16N2S.2ClH/c1-2-8-18-14(5-1)11-17(22-18)12-15-6-4-10-21-19(15)16-7-3-9-20-13-16;;/h1-3,5,7-9,11-13H,4,6,10H2;2*1H. The van der Waals surface area contributed by atoms with Gasteiger partial charge in [0.25, 0.3) is 0 Å². The molecule has 1 aliphatic rings. The fourth-order valence-corrected chi connectivity index (χ4v) is 3.88. The Morgan fingerprint density at radius 2 is 1.92 bits per heavy atom. The van der Waals surface area contributed by atoms with Crippen LogP contribution in [0.3, 0.4) is 0 Å². The summed E-state index contributed by atoms with van der Waals surface area (Å²) in [5.74, 6) is 0. The number of hydrogen-bond donors (Lipinski definition) is 0. The highest BCUT2D eigenvalue weighted by atomic mass is 35.5. The van der Waals surface area contributed by atoms with E-state index in [0.29, 0.717) is 0 Å².